The molecule has 0 unspecified atom stereocenters. The number of hydrogen-bond donors (Lipinski definition) is 3. The van der Waals surface area contributed by atoms with E-state index in [2.05, 4.69) is 10.6 Å². The Hall–Kier alpha value is -0.920. The molecule has 3 N–H and O–H groups in total. The highest BCUT2D eigenvalue weighted by Gasteiger charge is 2.37. The van der Waals surface area contributed by atoms with E-state index in [0.717, 1.165) is 18.2 Å². The van der Waals surface area contributed by atoms with Crippen molar-refractivity contribution in [1.82, 2.24) is 5.32 Å². The monoisotopic (exact) mass is 344 g/mol. The Labute approximate surface area is 138 Å². The lowest BCUT2D eigenvalue weighted by Gasteiger charge is -2.42. The van der Waals surface area contributed by atoms with Crippen LogP contribution in [0.15, 0.2) is 29.2 Å². The number of piperidine rings is 3. The average Bonchev–Trinajstić information content (AvgIpc) is 2.50. The molecule has 0 radical (unpaired) electrons. The molecule has 0 spiro atoms. The second-order valence-corrected chi connectivity index (χ2v) is 7.37. The summed E-state index contributed by atoms with van der Waals surface area (Å²) in [5.74, 6) is -1.66. The molecule has 22 heavy (non-hydrogen) atoms. The minimum atomic E-state index is -2.39. The molecule has 1 aromatic rings. The molecule has 0 aliphatic carbocycles. The number of thioether (sulfide) groups is 1. The van der Waals surface area contributed by atoms with Crippen LogP contribution < -0.4 is 15.5 Å². The van der Waals surface area contributed by atoms with Crippen molar-refractivity contribution >= 4 is 34.8 Å². The van der Waals surface area contributed by atoms with E-state index in [-0.39, 0.29) is 0 Å². The lowest BCUT2D eigenvalue weighted by atomic mass is 9.84. The van der Waals surface area contributed by atoms with E-state index in [0.29, 0.717) is 27.8 Å². The van der Waals surface area contributed by atoms with Gasteiger partial charge in [-0.05, 0) is 42.4 Å². The second-order valence-electron chi connectivity index (χ2n) is 5.90. The Morgan fingerprint density at radius 3 is 2.45 bits per heavy atom. The molecule has 0 aromatic heterocycles. The SMILES string of the molecule is FC(F)Sc1ccc(NC(=S)N[C@@H]2C[NH+]3CCC2CC3)cc1. The Morgan fingerprint density at radius 2 is 1.91 bits per heavy atom. The molecule has 120 valence electrons. The summed E-state index contributed by atoms with van der Waals surface area (Å²) in [6.07, 6.45) is 2.55. The summed E-state index contributed by atoms with van der Waals surface area (Å²) < 4.78 is 24.6. The van der Waals surface area contributed by atoms with Gasteiger partial charge in [-0.2, -0.15) is 8.78 Å². The smallest absolute Gasteiger partial charge is 0.288 e. The number of anilines is 1. The predicted molar refractivity (Wildman–Crippen MR) is 89.7 cm³/mol. The van der Waals surface area contributed by atoms with Crippen LogP contribution in [0.4, 0.5) is 14.5 Å². The number of halogens is 2. The third kappa shape index (κ3) is 4.08. The Bertz CT molecular complexity index is 516. The maximum absolute atomic E-state index is 12.3. The van der Waals surface area contributed by atoms with E-state index in [1.165, 1.54) is 25.9 Å². The second kappa shape index (κ2) is 7.10. The molecule has 3 fully saturated rings. The van der Waals surface area contributed by atoms with Gasteiger partial charge in [0.1, 0.15) is 0 Å². The molecule has 0 saturated carbocycles. The molecular weight excluding hydrogens is 324 g/mol. The van der Waals surface area contributed by atoms with Crippen LogP contribution in [0.2, 0.25) is 0 Å². The first-order valence-corrected chi connectivity index (χ1v) is 8.85. The molecular formula is C15H20F2N3S2+. The van der Waals surface area contributed by atoms with Crippen LogP contribution in [0.3, 0.4) is 0 Å². The number of rotatable bonds is 4. The highest BCUT2D eigenvalue weighted by atomic mass is 32.2. The summed E-state index contributed by atoms with van der Waals surface area (Å²) in [4.78, 5) is 2.22. The van der Waals surface area contributed by atoms with E-state index >= 15 is 0 Å². The molecule has 3 saturated heterocycles. The highest BCUT2D eigenvalue weighted by Crippen LogP contribution is 2.26. The van der Waals surface area contributed by atoms with Gasteiger partial charge < -0.3 is 15.5 Å². The fourth-order valence-electron chi connectivity index (χ4n) is 3.36. The maximum atomic E-state index is 12.3. The molecule has 3 nitrogen and oxygen atoms in total. The Kier molecular flexibility index (Phi) is 5.15. The molecule has 3 aliphatic rings. The largest absolute Gasteiger partial charge is 0.354 e. The number of thiocarbonyl (C=S) groups is 1. The van der Waals surface area contributed by atoms with Gasteiger partial charge >= 0.3 is 0 Å². The average molecular weight is 344 g/mol. The minimum absolute atomic E-state index is 0.450. The first-order valence-electron chi connectivity index (χ1n) is 7.56. The summed E-state index contributed by atoms with van der Waals surface area (Å²) in [6.45, 7) is 3.70. The fraction of sp³-hybridized carbons (Fsp3) is 0.533. The van der Waals surface area contributed by atoms with Crippen LogP contribution in [-0.2, 0) is 0 Å². The van der Waals surface area contributed by atoms with Crippen molar-refractivity contribution in [3.8, 4) is 0 Å². The van der Waals surface area contributed by atoms with E-state index in [9.17, 15) is 8.78 Å². The predicted octanol–water partition coefficient (Wildman–Crippen LogP) is 1.96. The zero-order valence-electron chi connectivity index (χ0n) is 12.1. The molecule has 3 aliphatic heterocycles. The first kappa shape index (κ1) is 16.0. The minimum Gasteiger partial charge on any atom is -0.354 e. The van der Waals surface area contributed by atoms with Gasteiger partial charge in [0.05, 0.1) is 25.7 Å². The van der Waals surface area contributed by atoms with E-state index in [1.807, 2.05) is 0 Å². The number of quaternary nitrogens is 1. The van der Waals surface area contributed by atoms with Gasteiger partial charge in [0.25, 0.3) is 5.76 Å². The van der Waals surface area contributed by atoms with Crippen molar-refractivity contribution in [1.29, 1.82) is 0 Å². The van der Waals surface area contributed by atoms with Crippen LogP contribution in [0.5, 0.6) is 0 Å². The van der Waals surface area contributed by atoms with Crippen molar-refractivity contribution in [3.63, 3.8) is 0 Å². The summed E-state index contributed by atoms with van der Waals surface area (Å²) in [5.41, 5.74) is 0.824. The molecule has 2 bridgehead atoms. The van der Waals surface area contributed by atoms with Crippen LogP contribution in [0.25, 0.3) is 0 Å². The molecule has 1 atom stereocenters. The summed E-state index contributed by atoms with van der Waals surface area (Å²) in [7, 11) is 0. The lowest BCUT2D eigenvalue weighted by Crippen LogP contribution is -3.17. The van der Waals surface area contributed by atoms with Crippen LogP contribution in [-0.4, -0.2) is 36.5 Å². The summed E-state index contributed by atoms with van der Waals surface area (Å²) >= 11 is 5.93. The zero-order chi connectivity index (χ0) is 15.5. The van der Waals surface area contributed by atoms with Crippen molar-refractivity contribution in [2.75, 3.05) is 25.0 Å². The highest BCUT2D eigenvalue weighted by molar-refractivity contribution is 7.99. The van der Waals surface area contributed by atoms with Crippen LogP contribution in [0, 0.1) is 5.92 Å². The standard InChI is InChI=1S/C15H19F2N3S2/c16-14(17)22-12-3-1-11(2-4-12)18-15(21)19-13-9-20-7-5-10(13)6-8-20/h1-4,10,13-14H,5-9H2,(H2,18,19,21)/p+1/t13-/m1/s1. The first-order chi connectivity index (χ1) is 10.6. The molecule has 1 aromatic carbocycles. The van der Waals surface area contributed by atoms with Gasteiger partial charge in [-0.25, -0.2) is 0 Å². The van der Waals surface area contributed by atoms with E-state index in [4.69, 9.17) is 12.2 Å². The number of fused-ring (bicyclic) bond motifs is 3. The van der Waals surface area contributed by atoms with Gasteiger partial charge in [-0.3, -0.25) is 0 Å². The molecule has 0 amide bonds. The Morgan fingerprint density at radius 1 is 1.23 bits per heavy atom. The third-order valence-electron chi connectivity index (χ3n) is 4.47. The molecule has 3 heterocycles. The van der Waals surface area contributed by atoms with E-state index in [1.54, 1.807) is 29.2 Å². The Balaban J connectivity index is 1.51. The third-order valence-corrected chi connectivity index (χ3v) is 5.41. The normalized spacial score (nSPS) is 27.0. The van der Waals surface area contributed by atoms with Crippen molar-refractivity contribution in [2.45, 2.75) is 29.5 Å². The van der Waals surface area contributed by atoms with Gasteiger partial charge in [0, 0.05) is 23.4 Å². The summed E-state index contributed by atoms with van der Waals surface area (Å²) in [6, 6.07) is 7.37. The van der Waals surface area contributed by atoms with Gasteiger partial charge in [-0.15, -0.1) is 0 Å². The molecule has 7 heteroatoms. The quantitative estimate of drug-likeness (QED) is 0.575. The number of hydrogen-bond acceptors (Lipinski definition) is 2. The maximum Gasteiger partial charge on any atom is 0.288 e. The van der Waals surface area contributed by atoms with Gasteiger partial charge in [0.2, 0.25) is 0 Å². The van der Waals surface area contributed by atoms with Gasteiger partial charge in [-0.1, -0.05) is 11.8 Å². The zero-order valence-corrected chi connectivity index (χ0v) is 13.8. The van der Waals surface area contributed by atoms with E-state index < -0.39 is 5.76 Å². The fourth-order valence-corrected chi connectivity index (χ4v) is 4.12. The molecule has 4 rings (SSSR count). The van der Waals surface area contributed by atoms with Gasteiger partial charge in [0.15, 0.2) is 5.11 Å². The van der Waals surface area contributed by atoms with Crippen LogP contribution >= 0.6 is 24.0 Å². The topological polar surface area (TPSA) is 28.5 Å². The van der Waals surface area contributed by atoms with Crippen LogP contribution in [0.1, 0.15) is 12.8 Å². The summed E-state index contributed by atoms with van der Waals surface area (Å²) in [5, 5.41) is 7.18. The van der Waals surface area contributed by atoms with Crippen molar-refractivity contribution < 1.29 is 13.7 Å². The number of alkyl halides is 2. The van der Waals surface area contributed by atoms with Crippen molar-refractivity contribution in [2.24, 2.45) is 5.92 Å². The van der Waals surface area contributed by atoms with Crippen molar-refractivity contribution in [3.05, 3.63) is 24.3 Å². The number of benzene rings is 1. The lowest BCUT2D eigenvalue weighted by molar-refractivity contribution is -0.917. The number of nitrogens with one attached hydrogen (secondary N) is 3.